The predicted molar refractivity (Wildman–Crippen MR) is 65.6 cm³/mol. The van der Waals surface area contributed by atoms with Crippen LogP contribution in [0.1, 0.15) is 0 Å². The summed E-state index contributed by atoms with van der Waals surface area (Å²) in [5.74, 6) is 0.424. The lowest BCUT2D eigenvalue weighted by molar-refractivity contribution is -0.377. The molecular formula is C12H9N5O2. The average molecular weight is 255 g/mol. The number of carbonyl (C=O) groups is 1. The zero-order valence-corrected chi connectivity index (χ0v) is 9.99. The van der Waals surface area contributed by atoms with Crippen LogP contribution in [-0.2, 0) is 9.53 Å². The molecule has 0 aliphatic heterocycles. The second-order valence-electron chi connectivity index (χ2n) is 2.71. The zero-order valence-electron chi connectivity index (χ0n) is 9.99. The molecule has 0 amide bonds. The molecule has 0 aliphatic rings. The summed E-state index contributed by atoms with van der Waals surface area (Å²) < 4.78 is 4.17. The first-order valence-electron chi connectivity index (χ1n) is 4.85. The molecule has 94 valence electrons. The maximum absolute atomic E-state index is 10.7. The number of H-pyrrole nitrogens is 1. The largest absolute Gasteiger partial charge is 0.761 e. The maximum atomic E-state index is 10.7. The van der Waals surface area contributed by atoms with Crippen molar-refractivity contribution in [1.82, 2.24) is 0 Å². The number of allylic oxidation sites excluding steroid dienone is 1. The van der Waals surface area contributed by atoms with Crippen LogP contribution in [0.15, 0.2) is 41.3 Å². The van der Waals surface area contributed by atoms with E-state index in [0.29, 0.717) is 0 Å². The minimum absolute atomic E-state index is 0.568. The summed E-state index contributed by atoms with van der Waals surface area (Å²) in [4.78, 5) is 16.8. The number of rotatable bonds is 2. The smallest absolute Gasteiger partial charge is 0.367 e. The molecule has 1 rings (SSSR count). The first-order valence-corrected chi connectivity index (χ1v) is 4.85. The summed E-state index contributed by atoms with van der Waals surface area (Å²) in [7, 11) is 1.06. The topological polar surface area (TPSA) is 123 Å². The third-order valence-corrected chi connectivity index (χ3v) is 1.53. The van der Waals surface area contributed by atoms with E-state index in [0.717, 1.165) is 7.11 Å². The van der Waals surface area contributed by atoms with Crippen LogP contribution < -0.4 is 4.98 Å². The van der Waals surface area contributed by atoms with Gasteiger partial charge in [-0.1, -0.05) is 6.07 Å². The molecule has 0 spiro atoms. The number of nitrogens with zero attached hydrogens (tertiary/aromatic N) is 4. The number of esters is 1. The standard InChI is InChI=1S/C7H3N4O2.C5H5N/c1-13-7(12)6(4-10)11-5(2-8)3-9;1-2-4-6-5-3-1/h1H3;1-5H/q-1;/p+1. The van der Waals surface area contributed by atoms with Gasteiger partial charge >= 0.3 is 5.97 Å². The Labute approximate surface area is 109 Å². The number of hydrogen-bond acceptors (Lipinski definition) is 5. The number of nitriles is 2. The molecule has 0 atom stereocenters. The van der Waals surface area contributed by atoms with Gasteiger partial charge in [-0.3, -0.25) is 0 Å². The van der Waals surface area contributed by atoms with Gasteiger partial charge in [0.2, 0.25) is 5.71 Å². The first kappa shape index (κ1) is 15.7. The highest BCUT2D eigenvalue weighted by Crippen LogP contribution is 1.91. The quantitative estimate of drug-likeness (QED) is 0.427. The molecule has 7 heteroatoms. The Morgan fingerprint density at radius 2 is 1.89 bits per heavy atom. The number of carbonyl (C=O) groups excluding carboxylic acids is 1. The molecule has 7 nitrogen and oxygen atoms in total. The number of methoxy groups -OCH3 is 1. The van der Waals surface area contributed by atoms with E-state index < -0.39 is 17.4 Å². The van der Waals surface area contributed by atoms with Crippen molar-refractivity contribution in [1.29, 1.82) is 10.5 Å². The summed E-state index contributed by atoms with van der Waals surface area (Å²) in [6.07, 6.45) is 3.75. The summed E-state index contributed by atoms with van der Waals surface area (Å²) in [5.41, 5.74) is -1.19. The second-order valence-corrected chi connectivity index (χ2v) is 2.71. The van der Waals surface area contributed by atoms with Crippen LogP contribution in [0.2, 0.25) is 0 Å². The Bertz CT molecular complexity index is 548. The Morgan fingerprint density at radius 1 is 1.26 bits per heavy atom. The van der Waals surface area contributed by atoms with Gasteiger partial charge in [-0.25, -0.2) is 20.6 Å². The average Bonchev–Trinajstić information content (AvgIpc) is 2.50. The molecule has 0 saturated heterocycles. The van der Waals surface area contributed by atoms with E-state index in [2.05, 4.69) is 14.7 Å². The van der Waals surface area contributed by atoms with Crippen molar-refractivity contribution in [2.24, 2.45) is 4.99 Å². The van der Waals surface area contributed by atoms with Crippen molar-refractivity contribution in [3.8, 4) is 12.1 Å². The Morgan fingerprint density at radius 3 is 2.16 bits per heavy atom. The highest BCUT2D eigenvalue weighted by molar-refractivity contribution is 6.43. The van der Waals surface area contributed by atoms with E-state index in [1.807, 2.05) is 30.6 Å². The number of aliphatic imine (C=N–C) groups is 1. The molecule has 0 aromatic carbocycles. The fraction of sp³-hybridized carbons (Fsp3) is 0.0833. The van der Waals surface area contributed by atoms with Crippen molar-refractivity contribution in [3.63, 3.8) is 0 Å². The lowest BCUT2D eigenvalue weighted by Crippen LogP contribution is -2.13. The summed E-state index contributed by atoms with van der Waals surface area (Å²) in [5, 5.41) is 24.8. The van der Waals surface area contributed by atoms with Crippen LogP contribution in [0.3, 0.4) is 0 Å². The van der Waals surface area contributed by atoms with Crippen LogP contribution in [-0.4, -0.2) is 24.7 Å². The predicted octanol–water partition coefficient (Wildman–Crippen LogP) is 0.271. The van der Waals surface area contributed by atoms with E-state index >= 15 is 0 Å². The summed E-state index contributed by atoms with van der Waals surface area (Å²) >= 11 is 0. The fourth-order valence-electron chi connectivity index (χ4n) is 0.742. The molecule has 1 aromatic heterocycles. The molecule has 0 bridgehead atoms. The van der Waals surface area contributed by atoms with Crippen molar-refractivity contribution in [2.45, 2.75) is 0 Å². The normalized spacial score (nSPS) is 8.68. The summed E-state index contributed by atoms with van der Waals surface area (Å²) in [6.45, 7) is 0. The number of hydrogen-bond donors (Lipinski definition) is 0. The lowest BCUT2D eigenvalue weighted by atomic mass is 10.4. The SMILES string of the molecule is COC(=O)C(C#N)=NC(=C=[N-])C#N.c1cc[nH+]cc1. The molecule has 1 aromatic rings. The van der Waals surface area contributed by atoms with Crippen molar-refractivity contribution >= 4 is 17.6 Å². The van der Waals surface area contributed by atoms with Gasteiger partial charge in [0.25, 0.3) is 0 Å². The number of aromatic nitrogens is 1. The molecule has 1 N–H and O–H groups in total. The highest BCUT2D eigenvalue weighted by atomic mass is 16.5. The number of aromatic amines is 1. The third kappa shape index (κ3) is 6.80. The van der Waals surface area contributed by atoms with E-state index in [1.165, 1.54) is 18.0 Å². The van der Waals surface area contributed by atoms with Gasteiger partial charge in [0.15, 0.2) is 18.1 Å². The number of pyridine rings is 1. The van der Waals surface area contributed by atoms with Gasteiger partial charge in [-0.15, -0.1) is 0 Å². The number of ether oxygens (including phenoxy) is 1. The van der Waals surface area contributed by atoms with Gasteiger partial charge in [-0.05, 0) is 0 Å². The molecule has 0 aliphatic carbocycles. The molecule has 19 heavy (non-hydrogen) atoms. The minimum Gasteiger partial charge on any atom is -0.761 e. The van der Waals surface area contributed by atoms with Gasteiger partial charge in [0.05, 0.1) is 7.11 Å². The van der Waals surface area contributed by atoms with E-state index in [-0.39, 0.29) is 0 Å². The summed E-state index contributed by atoms with van der Waals surface area (Å²) in [6, 6.07) is 8.67. The van der Waals surface area contributed by atoms with Crippen molar-refractivity contribution in [3.05, 3.63) is 41.7 Å². The monoisotopic (exact) mass is 255 g/mol. The van der Waals surface area contributed by atoms with Gasteiger partial charge in [0.1, 0.15) is 12.1 Å². The van der Waals surface area contributed by atoms with Crippen LogP contribution in [0.5, 0.6) is 0 Å². The third-order valence-electron chi connectivity index (χ3n) is 1.53. The molecule has 0 unspecified atom stereocenters. The van der Waals surface area contributed by atoms with Crippen LogP contribution in [0, 0.1) is 22.7 Å². The van der Waals surface area contributed by atoms with Gasteiger partial charge < -0.3 is 10.1 Å². The molecular weight excluding hydrogens is 246 g/mol. The van der Waals surface area contributed by atoms with Crippen LogP contribution >= 0.6 is 0 Å². The molecule has 1 heterocycles. The van der Waals surface area contributed by atoms with E-state index in [1.54, 1.807) is 0 Å². The zero-order chi connectivity index (χ0) is 14.5. The lowest BCUT2D eigenvalue weighted by Gasteiger charge is -1.93. The van der Waals surface area contributed by atoms with Gasteiger partial charge in [0, 0.05) is 12.1 Å². The van der Waals surface area contributed by atoms with Crippen LogP contribution in [0.25, 0.3) is 5.41 Å². The van der Waals surface area contributed by atoms with Crippen LogP contribution in [0.4, 0.5) is 0 Å². The Kier molecular flexibility index (Phi) is 8.20. The number of nitrogens with one attached hydrogen (secondary N) is 1. The fourth-order valence-corrected chi connectivity index (χ4v) is 0.742. The first-order chi connectivity index (χ1) is 9.19. The molecule has 0 fully saturated rings. The molecule has 0 radical (unpaired) electrons. The second kappa shape index (κ2) is 9.91. The Hall–Kier alpha value is -3.28. The highest BCUT2D eigenvalue weighted by Gasteiger charge is 2.10. The maximum Gasteiger partial charge on any atom is 0.367 e. The van der Waals surface area contributed by atoms with E-state index in [4.69, 9.17) is 15.9 Å². The molecule has 0 saturated carbocycles. The van der Waals surface area contributed by atoms with E-state index in [9.17, 15) is 4.79 Å². The minimum atomic E-state index is -0.981. The Balaban J connectivity index is 0.000000443. The van der Waals surface area contributed by atoms with Gasteiger partial charge in [-0.2, -0.15) is 10.5 Å². The van der Waals surface area contributed by atoms with Crippen molar-refractivity contribution < 1.29 is 14.5 Å². The van der Waals surface area contributed by atoms with Crippen molar-refractivity contribution in [2.75, 3.05) is 7.11 Å².